The Balaban J connectivity index is 1.62. The first-order valence-corrected chi connectivity index (χ1v) is 14.1. The van der Waals surface area contributed by atoms with E-state index in [0.29, 0.717) is 50.0 Å². The standard InChI is InChI=1S/C30H47N5O5/c1-20(2)34-25(18-26(37)35(21(3)4)28(34)39)33-16-14-32(15-17-33)19-24(36)30(8,9)40-23-12-10-22(11-13-23)31-27(38)29(5,6)7/h10-13,18,20-21,24,36H,14-17,19H2,1-9H3,(H,31,38). The molecule has 1 fully saturated rings. The second kappa shape index (κ2) is 12.2. The Labute approximate surface area is 237 Å². The number of aliphatic hydroxyl groups is 1. The lowest BCUT2D eigenvalue weighted by Gasteiger charge is -2.40. The fourth-order valence-electron chi connectivity index (χ4n) is 4.68. The molecule has 0 radical (unpaired) electrons. The predicted molar refractivity (Wildman–Crippen MR) is 160 cm³/mol. The second-order valence-electron chi connectivity index (χ2n) is 12.8. The van der Waals surface area contributed by atoms with E-state index >= 15 is 0 Å². The van der Waals surface area contributed by atoms with Crippen LogP contribution in [0.1, 0.15) is 74.4 Å². The molecule has 0 spiro atoms. The number of hydrogen-bond donors (Lipinski definition) is 2. The highest BCUT2D eigenvalue weighted by molar-refractivity contribution is 5.94. The van der Waals surface area contributed by atoms with Crippen LogP contribution < -0.4 is 26.2 Å². The number of anilines is 2. The van der Waals surface area contributed by atoms with Crippen molar-refractivity contribution in [2.24, 2.45) is 5.41 Å². The van der Waals surface area contributed by atoms with Crippen molar-refractivity contribution < 1.29 is 14.6 Å². The third kappa shape index (κ3) is 7.34. The number of ether oxygens (including phenoxy) is 1. The predicted octanol–water partition coefficient (Wildman–Crippen LogP) is 3.50. The van der Waals surface area contributed by atoms with Gasteiger partial charge in [0.1, 0.15) is 23.3 Å². The van der Waals surface area contributed by atoms with Crippen LogP contribution in [0.4, 0.5) is 11.5 Å². The Kier molecular flexibility index (Phi) is 9.57. The van der Waals surface area contributed by atoms with Gasteiger partial charge in [-0.2, -0.15) is 0 Å². The van der Waals surface area contributed by atoms with Crippen molar-refractivity contribution in [2.75, 3.05) is 42.9 Å². The number of carbonyl (C=O) groups excluding carboxylic acids is 1. The van der Waals surface area contributed by atoms with Crippen LogP contribution in [0.3, 0.4) is 0 Å². The van der Waals surface area contributed by atoms with Gasteiger partial charge >= 0.3 is 5.69 Å². The number of aliphatic hydroxyl groups excluding tert-OH is 1. The van der Waals surface area contributed by atoms with Crippen LogP contribution in [-0.4, -0.2) is 69.5 Å². The Bertz CT molecular complexity index is 1280. The van der Waals surface area contributed by atoms with Gasteiger partial charge in [-0.05, 0) is 65.8 Å². The molecule has 40 heavy (non-hydrogen) atoms. The van der Waals surface area contributed by atoms with Gasteiger partial charge in [0.05, 0.1) is 0 Å². The monoisotopic (exact) mass is 557 g/mol. The zero-order chi connectivity index (χ0) is 30.0. The Morgan fingerprint density at radius 2 is 1.48 bits per heavy atom. The van der Waals surface area contributed by atoms with Crippen LogP contribution >= 0.6 is 0 Å². The van der Waals surface area contributed by atoms with E-state index in [-0.39, 0.29) is 29.2 Å². The molecule has 2 N–H and O–H groups in total. The molecule has 1 atom stereocenters. The molecule has 1 unspecified atom stereocenters. The molecule has 1 aliphatic rings. The molecule has 1 aromatic heterocycles. The number of rotatable bonds is 9. The zero-order valence-electron chi connectivity index (χ0n) is 25.5. The van der Waals surface area contributed by atoms with Crippen molar-refractivity contribution in [3.63, 3.8) is 0 Å². The largest absolute Gasteiger partial charge is 0.485 e. The fourth-order valence-corrected chi connectivity index (χ4v) is 4.68. The maximum absolute atomic E-state index is 13.1. The second-order valence-corrected chi connectivity index (χ2v) is 12.8. The molecule has 3 rings (SSSR count). The number of hydrogen-bond acceptors (Lipinski definition) is 7. The molecule has 2 aromatic rings. The van der Waals surface area contributed by atoms with E-state index < -0.39 is 17.1 Å². The molecule has 1 saturated heterocycles. The van der Waals surface area contributed by atoms with Crippen molar-refractivity contribution in [3.8, 4) is 5.75 Å². The molecular formula is C30H47N5O5. The summed E-state index contributed by atoms with van der Waals surface area (Å²) in [5, 5.41) is 14.0. The molecule has 0 aliphatic carbocycles. The fraction of sp³-hybridized carbons (Fsp3) is 0.633. The SMILES string of the molecule is CC(C)n1c(N2CCN(CC(O)C(C)(C)Oc3ccc(NC(=O)C(C)(C)C)cc3)CC2)cc(=O)n(C(C)C)c1=O. The summed E-state index contributed by atoms with van der Waals surface area (Å²) in [7, 11) is 0. The highest BCUT2D eigenvalue weighted by atomic mass is 16.5. The zero-order valence-corrected chi connectivity index (χ0v) is 25.5. The van der Waals surface area contributed by atoms with Crippen LogP contribution in [0.5, 0.6) is 5.75 Å². The lowest BCUT2D eigenvalue weighted by molar-refractivity contribution is -0.123. The summed E-state index contributed by atoms with van der Waals surface area (Å²) < 4.78 is 9.14. The number of carbonyl (C=O) groups is 1. The number of nitrogens with zero attached hydrogens (tertiary/aromatic N) is 4. The summed E-state index contributed by atoms with van der Waals surface area (Å²) in [6.07, 6.45) is -0.761. The Morgan fingerprint density at radius 3 is 1.98 bits per heavy atom. The van der Waals surface area contributed by atoms with E-state index in [2.05, 4.69) is 15.1 Å². The van der Waals surface area contributed by atoms with Crippen molar-refractivity contribution in [1.82, 2.24) is 14.0 Å². The van der Waals surface area contributed by atoms with Crippen LogP contribution in [0, 0.1) is 5.41 Å². The third-order valence-electron chi connectivity index (χ3n) is 7.29. The summed E-state index contributed by atoms with van der Waals surface area (Å²) in [5.74, 6) is 1.18. The number of amides is 1. The molecule has 1 amide bonds. The minimum absolute atomic E-state index is 0.0653. The third-order valence-corrected chi connectivity index (χ3v) is 7.29. The lowest BCUT2D eigenvalue weighted by Crippen LogP contribution is -2.54. The normalized spacial score (nSPS) is 15.9. The molecule has 0 bridgehead atoms. The van der Waals surface area contributed by atoms with Crippen LogP contribution in [0.25, 0.3) is 0 Å². The van der Waals surface area contributed by atoms with Crippen molar-refractivity contribution in [3.05, 3.63) is 51.2 Å². The van der Waals surface area contributed by atoms with Crippen molar-refractivity contribution >= 4 is 17.4 Å². The highest BCUT2D eigenvalue weighted by Crippen LogP contribution is 2.25. The summed E-state index contributed by atoms with van der Waals surface area (Å²) in [6.45, 7) is 19.9. The Morgan fingerprint density at radius 1 is 0.925 bits per heavy atom. The van der Waals surface area contributed by atoms with E-state index in [0.717, 1.165) is 0 Å². The molecule has 1 aliphatic heterocycles. The topological polar surface area (TPSA) is 109 Å². The first-order valence-electron chi connectivity index (χ1n) is 14.1. The van der Waals surface area contributed by atoms with Gasteiger partial charge < -0.3 is 20.1 Å². The van der Waals surface area contributed by atoms with Crippen LogP contribution in [0.2, 0.25) is 0 Å². The summed E-state index contributed by atoms with van der Waals surface area (Å²) in [6, 6.07) is 8.42. The van der Waals surface area contributed by atoms with Gasteiger partial charge in [0.2, 0.25) is 5.91 Å². The van der Waals surface area contributed by atoms with Gasteiger partial charge in [-0.15, -0.1) is 0 Å². The maximum Gasteiger partial charge on any atom is 0.333 e. The van der Waals surface area contributed by atoms with Gasteiger partial charge in [-0.1, -0.05) is 20.8 Å². The molecule has 10 nitrogen and oxygen atoms in total. The van der Waals surface area contributed by atoms with E-state index in [1.807, 2.05) is 62.3 Å². The highest BCUT2D eigenvalue weighted by Gasteiger charge is 2.33. The maximum atomic E-state index is 13.1. The minimum Gasteiger partial charge on any atom is -0.485 e. The number of nitrogens with one attached hydrogen (secondary N) is 1. The van der Waals surface area contributed by atoms with Gasteiger partial charge in [-0.3, -0.25) is 23.6 Å². The average Bonchev–Trinajstić information content (AvgIpc) is 2.84. The molecule has 222 valence electrons. The van der Waals surface area contributed by atoms with Crippen molar-refractivity contribution in [1.29, 1.82) is 0 Å². The van der Waals surface area contributed by atoms with E-state index in [1.165, 1.54) is 4.57 Å². The molecule has 2 heterocycles. The van der Waals surface area contributed by atoms with Crippen LogP contribution in [0.15, 0.2) is 39.9 Å². The molecule has 1 aromatic carbocycles. The first kappa shape index (κ1) is 31.4. The van der Waals surface area contributed by atoms with Gasteiger partial charge in [0.15, 0.2) is 0 Å². The number of piperazine rings is 1. The van der Waals surface area contributed by atoms with E-state index in [1.54, 1.807) is 34.9 Å². The van der Waals surface area contributed by atoms with Gasteiger partial charge in [0, 0.05) is 62.0 Å². The minimum atomic E-state index is -0.854. The summed E-state index contributed by atoms with van der Waals surface area (Å²) in [4.78, 5) is 42.4. The molecular weight excluding hydrogens is 510 g/mol. The van der Waals surface area contributed by atoms with Gasteiger partial charge in [-0.25, -0.2) is 4.79 Å². The summed E-state index contributed by atoms with van der Waals surface area (Å²) in [5.41, 5.74) is -1.22. The van der Waals surface area contributed by atoms with Crippen LogP contribution in [-0.2, 0) is 4.79 Å². The van der Waals surface area contributed by atoms with E-state index in [4.69, 9.17) is 4.74 Å². The lowest BCUT2D eigenvalue weighted by atomic mass is 9.95. The van der Waals surface area contributed by atoms with E-state index in [9.17, 15) is 19.5 Å². The molecule has 0 saturated carbocycles. The molecule has 10 heteroatoms. The van der Waals surface area contributed by atoms with Gasteiger partial charge in [0.25, 0.3) is 5.56 Å². The quantitative estimate of drug-likeness (QED) is 0.486. The Hall–Kier alpha value is -3.11. The smallest absolute Gasteiger partial charge is 0.333 e. The first-order chi connectivity index (χ1) is 18.5. The van der Waals surface area contributed by atoms with Crippen molar-refractivity contribution in [2.45, 2.75) is 86.1 Å². The number of benzene rings is 1. The summed E-state index contributed by atoms with van der Waals surface area (Å²) >= 11 is 0. The number of aromatic nitrogens is 2. The average molecular weight is 558 g/mol. The number of β-amino-alcohol motifs (C(OH)–C–C–N with tert-alkyl or cyclic N) is 1.